The van der Waals surface area contributed by atoms with E-state index in [2.05, 4.69) is 5.10 Å². The van der Waals surface area contributed by atoms with Crippen molar-refractivity contribution in [1.82, 2.24) is 15.1 Å². The van der Waals surface area contributed by atoms with Crippen LogP contribution in [0.1, 0.15) is 16.1 Å². The molecule has 0 aliphatic rings. The molecule has 30 heavy (non-hydrogen) atoms. The average Bonchev–Trinajstić information content (AvgIpc) is 3.11. The molecule has 0 spiro atoms. The predicted molar refractivity (Wildman–Crippen MR) is 97.4 cm³/mol. The fourth-order valence-corrected chi connectivity index (χ4v) is 2.82. The lowest BCUT2D eigenvalue weighted by Gasteiger charge is -2.11. The average molecular weight is 448 g/mol. The number of hydrogen-bond donors (Lipinski definition) is 1. The lowest BCUT2D eigenvalue weighted by atomic mass is 10.1. The highest BCUT2D eigenvalue weighted by molar-refractivity contribution is 6.32. The first-order valence-corrected chi connectivity index (χ1v) is 8.71. The minimum Gasteiger partial charge on any atom is -0.343 e. The largest absolute Gasteiger partial charge is 0.435 e. The lowest BCUT2D eigenvalue weighted by molar-refractivity contribution is -0.141. The van der Waals surface area contributed by atoms with Crippen molar-refractivity contribution in [3.8, 4) is 16.9 Å². The predicted octanol–water partition coefficient (Wildman–Crippen LogP) is 5.50. The number of alkyl halides is 6. The number of benzene rings is 2. The monoisotopic (exact) mass is 447 g/mol. The van der Waals surface area contributed by atoms with E-state index < -0.39 is 30.5 Å². The van der Waals surface area contributed by atoms with Crippen molar-refractivity contribution in [2.24, 2.45) is 0 Å². The van der Waals surface area contributed by atoms with E-state index in [1.165, 1.54) is 36.4 Å². The Kier molecular flexibility index (Phi) is 5.80. The fourth-order valence-electron chi connectivity index (χ4n) is 2.61. The molecule has 0 radical (unpaired) electrons. The van der Waals surface area contributed by atoms with E-state index in [9.17, 15) is 31.1 Å². The van der Waals surface area contributed by atoms with E-state index in [4.69, 9.17) is 11.6 Å². The Morgan fingerprint density at radius 3 is 2.20 bits per heavy atom. The Balaban J connectivity index is 1.98. The standard InChI is InChI=1S/C19H12ClF6N3O/c20-13-3-1-2-4-14(13)29-15(9-16(28-29)19(24,25)26)11-5-7-12(8-6-11)17(30)27-10-18(21,22)23/h1-9H,10H2,(H,27,30). The Morgan fingerprint density at radius 2 is 1.63 bits per heavy atom. The Morgan fingerprint density at radius 1 is 1.00 bits per heavy atom. The van der Waals surface area contributed by atoms with E-state index in [1.54, 1.807) is 17.4 Å². The zero-order chi connectivity index (χ0) is 22.1. The van der Waals surface area contributed by atoms with Crippen LogP contribution in [0.2, 0.25) is 5.02 Å². The van der Waals surface area contributed by atoms with Gasteiger partial charge in [0.1, 0.15) is 6.54 Å². The fraction of sp³-hybridized carbons (Fsp3) is 0.158. The number of carbonyl (C=O) groups excluding carboxylic acids is 1. The molecule has 11 heteroatoms. The zero-order valence-corrected chi connectivity index (χ0v) is 15.6. The highest BCUT2D eigenvalue weighted by atomic mass is 35.5. The maximum absolute atomic E-state index is 13.2. The molecule has 0 saturated heterocycles. The number of nitrogens with one attached hydrogen (secondary N) is 1. The smallest absolute Gasteiger partial charge is 0.343 e. The first-order valence-electron chi connectivity index (χ1n) is 8.33. The van der Waals surface area contributed by atoms with Crippen LogP contribution >= 0.6 is 11.6 Å². The van der Waals surface area contributed by atoms with E-state index in [1.807, 2.05) is 0 Å². The van der Waals surface area contributed by atoms with Crippen LogP contribution in [-0.4, -0.2) is 28.4 Å². The molecule has 2 aromatic carbocycles. The van der Waals surface area contributed by atoms with Gasteiger partial charge in [-0.05, 0) is 30.3 Å². The summed E-state index contributed by atoms with van der Waals surface area (Å²) < 4.78 is 77.3. The third kappa shape index (κ3) is 4.93. The van der Waals surface area contributed by atoms with Gasteiger partial charge in [-0.1, -0.05) is 35.9 Å². The Bertz CT molecular complexity index is 1060. The van der Waals surface area contributed by atoms with Gasteiger partial charge < -0.3 is 5.32 Å². The van der Waals surface area contributed by atoms with Gasteiger partial charge in [0.15, 0.2) is 5.69 Å². The van der Waals surface area contributed by atoms with Crippen molar-refractivity contribution in [2.75, 3.05) is 6.54 Å². The molecule has 1 N–H and O–H groups in total. The molecule has 158 valence electrons. The second-order valence-corrected chi connectivity index (χ2v) is 6.56. The van der Waals surface area contributed by atoms with Crippen LogP contribution in [0.3, 0.4) is 0 Å². The first-order chi connectivity index (χ1) is 14.0. The second kappa shape index (κ2) is 8.02. The quantitative estimate of drug-likeness (QED) is 0.537. The number of para-hydroxylation sites is 1. The maximum Gasteiger partial charge on any atom is 0.435 e. The van der Waals surface area contributed by atoms with Crippen molar-refractivity contribution in [1.29, 1.82) is 0 Å². The second-order valence-electron chi connectivity index (χ2n) is 6.15. The molecule has 0 saturated carbocycles. The molecule has 0 unspecified atom stereocenters. The van der Waals surface area contributed by atoms with Crippen LogP contribution in [0.5, 0.6) is 0 Å². The van der Waals surface area contributed by atoms with Gasteiger partial charge in [-0.3, -0.25) is 4.79 Å². The van der Waals surface area contributed by atoms with E-state index in [-0.39, 0.29) is 27.5 Å². The molecule has 4 nitrogen and oxygen atoms in total. The Hall–Kier alpha value is -3.01. The Labute approximate surface area is 171 Å². The van der Waals surface area contributed by atoms with Crippen LogP contribution in [0.25, 0.3) is 16.9 Å². The van der Waals surface area contributed by atoms with E-state index >= 15 is 0 Å². The molecular formula is C19H12ClF6N3O. The number of amides is 1. The van der Waals surface area contributed by atoms with Crippen LogP contribution in [0.15, 0.2) is 54.6 Å². The summed E-state index contributed by atoms with van der Waals surface area (Å²) in [7, 11) is 0. The van der Waals surface area contributed by atoms with E-state index in [0.29, 0.717) is 0 Å². The van der Waals surface area contributed by atoms with Gasteiger partial charge in [-0.2, -0.15) is 31.4 Å². The molecular weight excluding hydrogens is 436 g/mol. The molecule has 3 rings (SSSR count). The third-order valence-electron chi connectivity index (χ3n) is 3.97. The number of carbonyl (C=O) groups is 1. The number of nitrogens with zero attached hydrogens (tertiary/aromatic N) is 2. The molecule has 0 fully saturated rings. The van der Waals surface area contributed by atoms with Crippen molar-refractivity contribution in [3.05, 3.63) is 70.9 Å². The summed E-state index contributed by atoms with van der Waals surface area (Å²) in [6.07, 6.45) is -9.27. The highest BCUT2D eigenvalue weighted by Gasteiger charge is 2.35. The number of halogens is 7. The molecule has 1 aromatic heterocycles. The highest BCUT2D eigenvalue weighted by Crippen LogP contribution is 2.34. The summed E-state index contributed by atoms with van der Waals surface area (Å²) in [5.74, 6) is -0.963. The van der Waals surface area contributed by atoms with Gasteiger partial charge >= 0.3 is 12.4 Å². The zero-order valence-electron chi connectivity index (χ0n) is 14.9. The number of rotatable bonds is 4. The summed E-state index contributed by atoms with van der Waals surface area (Å²) in [6.45, 7) is -1.50. The minimum atomic E-state index is -4.71. The summed E-state index contributed by atoms with van der Waals surface area (Å²) in [5, 5.41) is 5.49. The van der Waals surface area contributed by atoms with Gasteiger partial charge in [0, 0.05) is 11.1 Å². The molecule has 0 bridgehead atoms. The molecule has 0 aliphatic carbocycles. The van der Waals surface area contributed by atoms with Gasteiger partial charge in [0.25, 0.3) is 5.91 Å². The van der Waals surface area contributed by atoms with Crippen LogP contribution in [0.4, 0.5) is 26.3 Å². The SMILES string of the molecule is O=C(NCC(F)(F)F)c1ccc(-c2cc(C(F)(F)F)nn2-c2ccccc2Cl)cc1. The van der Waals surface area contributed by atoms with Gasteiger partial charge in [0.05, 0.1) is 16.4 Å². The molecule has 0 aliphatic heterocycles. The molecule has 1 heterocycles. The molecule has 0 atom stereocenters. The summed E-state index contributed by atoms with van der Waals surface area (Å²) in [6, 6.07) is 12.0. The van der Waals surface area contributed by atoms with Gasteiger partial charge in [-0.15, -0.1) is 0 Å². The van der Waals surface area contributed by atoms with Crippen molar-refractivity contribution in [2.45, 2.75) is 12.4 Å². The van der Waals surface area contributed by atoms with Crippen LogP contribution in [-0.2, 0) is 6.18 Å². The minimum absolute atomic E-state index is 0.0395. The summed E-state index contributed by atoms with van der Waals surface area (Å²) >= 11 is 6.09. The molecule has 1 amide bonds. The van der Waals surface area contributed by atoms with Crippen molar-refractivity contribution < 1.29 is 31.1 Å². The maximum atomic E-state index is 13.2. The summed E-state index contributed by atoms with van der Waals surface area (Å²) in [4.78, 5) is 11.8. The number of hydrogen-bond acceptors (Lipinski definition) is 2. The van der Waals surface area contributed by atoms with Gasteiger partial charge in [-0.25, -0.2) is 4.68 Å². The normalized spacial score (nSPS) is 12.1. The molecule has 3 aromatic rings. The van der Waals surface area contributed by atoms with Crippen molar-refractivity contribution in [3.63, 3.8) is 0 Å². The first kappa shape index (κ1) is 21.7. The van der Waals surface area contributed by atoms with Crippen LogP contribution in [0, 0.1) is 0 Å². The third-order valence-corrected chi connectivity index (χ3v) is 4.29. The lowest BCUT2D eigenvalue weighted by Crippen LogP contribution is -2.33. The van der Waals surface area contributed by atoms with Crippen molar-refractivity contribution >= 4 is 17.5 Å². The topological polar surface area (TPSA) is 46.9 Å². The summed E-state index contributed by atoms with van der Waals surface area (Å²) in [5.41, 5.74) is -0.730. The van der Waals surface area contributed by atoms with E-state index in [0.717, 1.165) is 10.7 Å². The van der Waals surface area contributed by atoms with Crippen LogP contribution < -0.4 is 5.32 Å². The van der Waals surface area contributed by atoms with Gasteiger partial charge in [0.2, 0.25) is 0 Å². The number of aromatic nitrogens is 2.